The molecule has 0 atom stereocenters. The molecule has 0 aromatic carbocycles. The first kappa shape index (κ1) is 21.3. The third-order valence-corrected chi connectivity index (χ3v) is 7.43. The lowest BCUT2D eigenvalue weighted by Crippen LogP contribution is -2.55. The van der Waals surface area contributed by atoms with Gasteiger partial charge in [-0.05, 0) is 37.6 Å². The van der Waals surface area contributed by atoms with Crippen LogP contribution in [0.25, 0.3) is 0 Å². The van der Waals surface area contributed by atoms with Gasteiger partial charge in [-0.25, -0.2) is 4.99 Å². The van der Waals surface area contributed by atoms with E-state index in [1.807, 2.05) is 29.9 Å². The van der Waals surface area contributed by atoms with E-state index in [1.165, 1.54) is 37.0 Å². The lowest BCUT2D eigenvalue weighted by molar-refractivity contribution is 0.106. The molecule has 2 fully saturated rings. The molecule has 1 saturated heterocycles. The SMILES string of the molecule is Cc1nnc(CN=C(NCCc2cccs2)N2CCN(C3CCCCC3)CC2)n1C. The second kappa shape index (κ2) is 10.4. The molecule has 0 spiro atoms. The molecule has 1 aliphatic heterocycles. The molecule has 8 heteroatoms. The summed E-state index contributed by atoms with van der Waals surface area (Å²) in [5.74, 6) is 2.84. The number of rotatable bonds is 6. The van der Waals surface area contributed by atoms with Crippen molar-refractivity contribution in [3.63, 3.8) is 0 Å². The highest BCUT2D eigenvalue weighted by Crippen LogP contribution is 2.23. The van der Waals surface area contributed by atoms with E-state index in [9.17, 15) is 0 Å². The van der Waals surface area contributed by atoms with E-state index >= 15 is 0 Å². The van der Waals surface area contributed by atoms with E-state index in [4.69, 9.17) is 4.99 Å². The number of piperazine rings is 1. The van der Waals surface area contributed by atoms with Crippen LogP contribution in [0.2, 0.25) is 0 Å². The van der Waals surface area contributed by atoms with E-state index in [1.54, 1.807) is 0 Å². The molecule has 0 unspecified atom stereocenters. The van der Waals surface area contributed by atoms with Gasteiger partial charge in [0.2, 0.25) is 0 Å². The number of hydrogen-bond acceptors (Lipinski definition) is 5. The van der Waals surface area contributed by atoms with Crippen LogP contribution in [-0.4, -0.2) is 69.3 Å². The number of nitrogens with zero attached hydrogens (tertiary/aromatic N) is 6. The average Bonchev–Trinajstić information content (AvgIpc) is 3.42. The van der Waals surface area contributed by atoms with Gasteiger partial charge in [-0.1, -0.05) is 25.3 Å². The van der Waals surface area contributed by atoms with Gasteiger partial charge in [0.25, 0.3) is 0 Å². The molecule has 4 rings (SSSR count). The third kappa shape index (κ3) is 5.40. The summed E-state index contributed by atoms with van der Waals surface area (Å²) in [6.07, 6.45) is 8.01. The summed E-state index contributed by atoms with van der Waals surface area (Å²) in [4.78, 5) is 11.5. The zero-order valence-electron chi connectivity index (χ0n) is 18.4. The van der Waals surface area contributed by atoms with Gasteiger partial charge in [0.1, 0.15) is 12.4 Å². The summed E-state index contributed by atoms with van der Waals surface area (Å²) < 4.78 is 2.02. The molecule has 0 radical (unpaired) electrons. The van der Waals surface area contributed by atoms with Crippen molar-refractivity contribution in [3.05, 3.63) is 34.0 Å². The van der Waals surface area contributed by atoms with Crippen LogP contribution >= 0.6 is 11.3 Å². The second-order valence-corrected chi connectivity index (χ2v) is 9.47. The van der Waals surface area contributed by atoms with Crippen molar-refractivity contribution in [1.29, 1.82) is 0 Å². The molecule has 1 aliphatic carbocycles. The Bertz CT molecular complexity index is 800. The summed E-state index contributed by atoms with van der Waals surface area (Å²) in [5.41, 5.74) is 0. The third-order valence-electron chi connectivity index (χ3n) is 6.49. The second-order valence-electron chi connectivity index (χ2n) is 8.43. The van der Waals surface area contributed by atoms with Crippen LogP contribution in [0, 0.1) is 6.92 Å². The van der Waals surface area contributed by atoms with Crippen LogP contribution in [0.3, 0.4) is 0 Å². The largest absolute Gasteiger partial charge is 0.356 e. The Morgan fingerprint density at radius 2 is 1.97 bits per heavy atom. The zero-order chi connectivity index (χ0) is 20.8. The van der Waals surface area contributed by atoms with Crippen LogP contribution in [0.5, 0.6) is 0 Å². The molecule has 0 bridgehead atoms. The first-order chi connectivity index (χ1) is 14.7. The Labute approximate surface area is 184 Å². The van der Waals surface area contributed by atoms with E-state index in [0.717, 1.165) is 62.8 Å². The molecule has 1 saturated carbocycles. The Balaban J connectivity index is 1.37. The van der Waals surface area contributed by atoms with Crippen molar-refractivity contribution in [2.45, 2.75) is 58.0 Å². The van der Waals surface area contributed by atoms with Crippen LogP contribution < -0.4 is 5.32 Å². The van der Waals surface area contributed by atoms with Gasteiger partial charge in [-0.15, -0.1) is 21.5 Å². The summed E-state index contributed by atoms with van der Waals surface area (Å²) >= 11 is 1.82. The Morgan fingerprint density at radius 1 is 1.17 bits per heavy atom. The molecular formula is C22H35N7S. The minimum Gasteiger partial charge on any atom is -0.356 e. The minimum absolute atomic E-state index is 0.557. The Hall–Kier alpha value is -1.93. The summed E-state index contributed by atoms with van der Waals surface area (Å²) in [6.45, 7) is 7.80. The number of aryl methyl sites for hydroxylation is 1. The van der Waals surface area contributed by atoms with Gasteiger partial charge in [-0.3, -0.25) is 4.90 Å². The molecule has 164 valence electrons. The maximum atomic E-state index is 4.94. The van der Waals surface area contributed by atoms with E-state index in [-0.39, 0.29) is 0 Å². The minimum atomic E-state index is 0.557. The van der Waals surface area contributed by atoms with E-state index in [2.05, 4.69) is 42.8 Å². The first-order valence-electron chi connectivity index (χ1n) is 11.4. The highest BCUT2D eigenvalue weighted by Gasteiger charge is 2.26. The summed E-state index contributed by atoms with van der Waals surface area (Å²) in [6, 6.07) is 5.12. The Morgan fingerprint density at radius 3 is 2.63 bits per heavy atom. The standard InChI is InChI=1S/C22H35N7S/c1-18-25-26-21(27(18)2)17-24-22(23-11-10-20-9-6-16-30-20)29-14-12-28(13-15-29)19-7-4-3-5-8-19/h6,9,16,19H,3-5,7-8,10-15,17H2,1-2H3,(H,23,24). The molecule has 2 aromatic heterocycles. The quantitative estimate of drug-likeness (QED) is 0.565. The van der Waals surface area contributed by atoms with Gasteiger partial charge in [-0.2, -0.15) is 0 Å². The highest BCUT2D eigenvalue weighted by molar-refractivity contribution is 7.09. The zero-order valence-corrected chi connectivity index (χ0v) is 19.2. The molecule has 2 aliphatic rings. The first-order valence-corrected chi connectivity index (χ1v) is 12.2. The van der Waals surface area contributed by atoms with Crippen LogP contribution in [-0.2, 0) is 20.0 Å². The molecule has 1 N–H and O–H groups in total. The number of hydrogen-bond donors (Lipinski definition) is 1. The van der Waals surface area contributed by atoms with Gasteiger partial charge in [0.15, 0.2) is 11.8 Å². The lowest BCUT2D eigenvalue weighted by Gasteiger charge is -2.41. The fraction of sp³-hybridized carbons (Fsp3) is 0.682. The van der Waals surface area contributed by atoms with E-state index < -0.39 is 0 Å². The van der Waals surface area contributed by atoms with Crippen LogP contribution in [0.15, 0.2) is 22.5 Å². The fourth-order valence-corrected chi connectivity index (χ4v) is 5.21. The normalized spacial score (nSPS) is 19.4. The topological polar surface area (TPSA) is 61.6 Å². The highest BCUT2D eigenvalue weighted by atomic mass is 32.1. The lowest BCUT2D eigenvalue weighted by atomic mass is 9.94. The predicted octanol–water partition coefficient (Wildman–Crippen LogP) is 2.82. The smallest absolute Gasteiger partial charge is 0.194 e. The van der Waals surface area contributed by atoms with Crippen molar-refractivity contribution < 1.29 is 0 Å². The van der Waals surface area contributed by atoms with Gasteiger partial charge < -0.3 is 14.8 Å². The number of nitrogens with one attached hydrogen (secondary N) is 1. The molecular weight excluding hydrogens is 394 g/mol. The maximum absolute atomic E-state index is 4.94. The molecule has 7 nitrogen and oxygen atoms in total. The van der Waals surface area contributed by atoms with Crippen molar-refractivity contribution >= 4 is 17.3 Å². The van der Waals surface area contributed by atoms with Crippen LogP contribution in [0.1, 0.15) is 48.6 Å². The number of thiophene rings is 1. The summed E-state index contributed by atoms with van der Waals surface area (Å²) in [7, 11) is 2.01. The number of aromatic nitrogens is 3. The number of guanidine groups is 1. The van der Waals surface area contributed by atoms with Gasteiger partial charge in [0.05, 0.1) is 0 Å². The molecule has 2 aromatic rings. The van der Waals surface area contributed by atoms with Crippen molar-refractivity contribution in [1.82, 2.24) is 29.9 Å². The van der Waals surface area contributed by atoms with E-state index in [0.29, 0.717) is 6.54 Å². The van der Waals surface area contributed by atoms with Gasteiger partial charge in [0, 0.05) is 50.7 Å². The molecule has 30 heavy (non-hydrogen) atoms. The van der Waals surface area contributed by atoms with Crippen LogP contribution in [0.4, 0.5) is 0 Å². The average molecular weight is 430 g/mol. The monoisotopic (exact) mass is 429 g/mol. The molecule has 0 amide bonds. The summed E-state index contributed by atoms with van der Waals surface area (Å²) in [5, 5.41) is 14.2. The predicted molar refractivity (Wildman–Crippen MR) is 123 cm³/mol. The van der Waals surface area contributed by atoms with Crippen molar-refractivity contribution in [2.24, 2.45) is 12.0 Å². The molecule has 3 heterocycles. The maximum Gasteiger partial charge on any atom is 0.194 e. The number of aliphatic imine (C=N–C) groups is 1. The fourth-order valence-electron chi connectivity index (χ4n) is 4.50. The Kier molecular flexibility index (Phi) is 7.38. The van der Waals surface area contributed by atoms with Crippen molar-refractivity contribution in [3.8, 4) is 0 Å². The van der Waals surface area contributed by atoms with Gasteiger partial charge >= 0.3 is 0 Å². The van der Waals surface area contributed by atoms with Crippen molar-refractivity contribution in [2.75, 3.05) is 32.7 Å².